The molecule has 0 saturated carbocycles. The van der Waals surface area contributed by atoms with Crippen LogP contribution in [0.25, 0.3) is 5.69 Å². The molecule has 3 rings (SSSR count). The molecule has 7 heteroatoms. The standard InChI is InChI=1S/C29H43N3O4/c1-5-6-7-8-11-19-35-27(33)23(14-12-18-30-28(34)36-29(2,3)4)20-24-26-17-16-22-13-9-10-15-25(22)32(26)21-31-24/h9-10,13,15,21,23H,5-8,11-12,14,16-20H2,1-4H3,(H,30,34)/t23-/m0/s1. The largest absolute Gasteiger partial charge is 0.465 e. The second-order valence-electron chi connectivity index (χ2n) is 10.7. The predicted octanol–water partition coefficient (Wildman–Crippen LogP) is 5.95. The van der Waals surface area contributed by atoms with Gasteiger partial charge in [0.15, 0.2) is 0 Å². The number of nitrogens with zero attached hydrogens (tertiary/aromatic N) is 2. The molecule has 7 nitrogen and oxygen atoms in total. The van der Waals surface area contributed by atoms with Crippen molar-refractivity contribution in [2.45, 2.75) is 97.5 Å². The molecule has 0 radical (unpaired) electrons. The number of hydrogen-bond acceptors (Lipinski definition) is 5. The van der Waals surface area contributed by atoms with Crippen LogP contribution in [0.15, 0.2) is 30.6 Å². The smallest absolute Gasteiger partial charge is 0.407 e. The highest BCUT2D eigenvalue weighted by atomic mass is 16.6. The molecule has 0 fully saturated rings. The number of imidazole rings is 1. The molecule has 1 N–H and O–H groups in total. The van der Waals surface area contributed by atoms with Crippen LogP contribution in [-0.4, -0.2) is 40.4 Å². The van der Waals surface area contributed by atoms with Gasteiger partial charge in [0.05, 0.1) is 24.5 Å². The summed E-state index contributed by atoms with van der Waals surface area (Å²) in [4.78, 5) is 29.7. The van der Waals surface area contributed by atoms with Crippen molar-refractivity contribution in [1.29, 1.82) is 0 Å². The van der Waals surface area contributed by atoms with Crippen molar-refractivity contribution >= 4 is 12.1 Å². The molecular formula is C29H43N3O4. The molecule has 0 spiro atoms. The first-order chi connectivity index (χ1) is 17.3. The Balaban J connectivity index is 1.60. The lowest BCUT2D eigenvalue weighted by Crippen LogP contribution is -2.33. The zero-order valence-electron chi connectivity index (χ0n) is 22.5. The van der Waals surface area contributed by atoms with Crippen molar-refractivity contribution in [1.82, 2.24) is 14.9 Å². The van der Waals surface area contributed by atoms with E-state index >= 15 is 0 Å². The summed E-state index contributed by atoms with van der Waals surface area (Å²) in [5, 5.41) is 2.79. The number of nitrogens with one attached hydrogen (secondary N) is 1. The maximum atomic E-state index is 13.1. The van der Waals surface area contributed by atoms with E-state index in [9.17, 15) is 9.59 Å². The number of hydrogen-bond donors (Lipinski definition) is 1. The van der Waals surface area contributed by atoms with Crippen LogP contribution in [0.2, 0.25) is 0 Å². The fourth-order valence-corrected chi connectivity index (χ4v) is 4.65. The molecule has 1 atom stereocenters. The number of carbonyl (C=O) groups is 2. The molecule has 1 aromatic carbocycles. The van der Waals surface area contributed by atoms with Crippen molar-refractivity contribution < 1.29 is 19.1 Å². The Morgan fingerprint density at radius 2 is 1.86 bits per heavy atom. The van der Waals surface area contributed by atoms with E-state index in [0.717, 1.165) is 31.4 Å². The highest BCUT2D eigenvalue weighted by Gasteiger charge is 2.26. The second kappa shape index (κ2) is 13.5. The number of aryl methyl sites for hydroxylation is 1. The van der Waals surface area contributed by atoms with E-state index in [0.29, 0.717) is 32.4 Å². The summed E-state index contributed by atoms with van der Waals surface area (Å²) in [5.74, 6) is -0.460. The van der Waals surface area contributed by atoms with Crippen LogP contribution in [0.1, 0.15) is 89.6 Å². The number of esters is 1. The quantitative estimate of drug-likeness (QED) is 0.273. The molecule has 0 bridgehead atoms. The highest BCUT2D eigenvalue weighted by Crippen LogP contribution is 2.28. The molecule has 2 aromatic rings. The summed E-state index contributed by atoms with van der Waals surface area (Å²) >= 11 is 0. The first-order valence-electron chi connectivity index (χ1n) is 13.6. The number of benzene rings is 1. The minimum Gasteiger partial charge on any atom is -0.465 e. The summed E-state index contributed by atoms with van der Waals surface area (Å²) in [5.41, 5.74) is 4.10. The van der Waals surface area contributed by atoms with Gasteiger partial charge in [-0.25, -0.2) is 9.78 Å². The third kappa shape index (κ3) is 8.38. The number of amides is 1. The average Bonchev–Trinajstić information content (AvgIpc) is 3.25. The van der Waals surface area contributed by atoms with E-state index in [2.05, 4.69) is 35.0 Å². The Morgan fingerprint density at radius 1 is 1.08 bits per heavy atom. The normalized spacial score (nSPS) is 13.4. The number of carbonyl (C=O) groups excluding carboxylic acids is 2. The topological polar surface area (TPSA) is 82.4 Å². The summed E-state index contributed by atoms with van der Waals surface area (Å²) in [6.07, 6.45) is 10.7. The maximum absolute atomic E-state index is 13.1. The first kappa shape index (κ1) is 27.8. The summed E-state index contributed by atoms with van der Waals surface area (Å²) in [7, 11) is 0. The van der Waals surface area contributed by atoms with Gasteiger partial charge in [-0.05, 0) is 64.5 Å². The number of aromatic nitrogens is 2. The van der Waals surface area contributed by atoms with Gasteiger partial charge in [-0.15, -0.1) is 0 Å². The van der Waals surface area contributed by atoms with Gasteiger partial charge in [0.2, 0.25) is 0 Å². The molecule has 1 aliphatic rings. The van der Waals surface area contributed by atoms with Gasteiger partial charge in [-0.2, -0.15) is 0 Å². The molecule has 198 valence electrons. The van der Waals surface area contributed by atoms with E-state index < -0.39 is 11.7 Å². The van der Waals surface area contributed by atoms with Gasteiger partial charge in [0.25, 0.3) is 0 Å². The Bertz CT molecular complexity index is 993. The van der Waals surface area contributed by atoms with Crippen LogP contribution >= 0.6 is 0 Å². The van der Waals surface area contributed by atoms with E-state index in [1.54, 1.807) is 0 Å². The zero-order valence-corrected chi connectivity index (χ0v) is 22.5. The number of unbranched alkanes of at least 4 members (excludes halogenated alkanes) is 4. The zero-order chi connectivity index (χ0) is 26.0. The van der Waals surface area contributed by atoms with Crippen molar-refractivity contribution in [3.8, 4) is 5.69 Å². The van der Waals surface area contributed by atoms with Crippen LogP contribution in [0.3, 0.4) is 0 Å². The lowest BCUT2D eigenvalue weighted by atomic mass is 9.94. The van der Waals surface area contributed by atoms with Crippen LogP contribution in [0.5, 0.6) is 0 Å². The minimum atomic E-state index is -0.535. The fourth-order valence-electron chi connectivity index (χ4n) is 4.65. The number of rotatable bonds is 13. The molecule has 36 heavy (non-hydrogen) atoms. The van der Waals surface area contributed by atoms with Crippen molar-refractivity contribution in [3.63, 3.8) is 0 Å². The Labute approximate surface area is 216 Å². The van der Waals surface area contributed by atoms with Gasteiger partial charge >= 0.3 is 12.1 Å². The summed E-state index contributed by atoms with van der Waals surface area (Å²) in [6.45, 7) is 8.62. The summed E-state index contributed by atoms with van der Waals surface area (Å²) < 4.78 is 13.2. The minimum absolute atomic E-state index is 0.166. The molecule has 0 aliphatic carbocycles. The summed E-state index contributed by atoms with van der Waals surface area (Å²) in [6, 6.07) is 8.40. The number of alkyl carbamates (subject to hydrolysis) is 1. The third-order valence-corrected chi connectivity index (χ3v) is 6.50. The van der Waals surface area contributed by atoms with Gasteiger partial charge in [-0.3, -0.25) is 4.79 Å². The number of ether oxygens (including phenoxy) is 2. The molecule has 2 heterocycles. The lowest BCUT2D eigenvalue weighted by molar-refractivity contribution is -0.149. The Hall–Kier alpha value is -2.83. The number of fused-ring (bicyclic) bond motifs is 3. The molecule has 1 aliphatic heterocycles. The van der Waals surface area contributed by atoms with Crippen molar-refractivity contribution in [2.24, 2.45) is 5.92 Å². The van der Waals surface area contributed by atoms with Gasteiger partial charge in [0, 0.05) is 24.3 Å². The molecule has 0 saturated heterocycles. The predicted molar refractivity (Wildman–Crippen MR) is 141 cm³/mol. The van der Waals surface area contributed by atoms with Crippen LogP contribution in [0, 0.1) is 5.92 Å². The van der Waals surface area contributed by atoms with E-state index in [1.165, 1.54) is 36.2 Å². The van der Waals surface area contributed by atoms with E-state index in [1.807, 2.05) is 33.2 Å². The van der Waals surface area contributed by atoms with E-state index in [4.69, 9.17) is 14.5 Å². The van der Waals surface area contributed by atoms with Crippen molar-refractivity contribution in [3.05, 3.63) is 47.5 Å². The molecule has 1 aromatic heterocycles. The average molecular weight is 498 g/mol. The molecule has 1 amide bonds. The SMILES string of the molecule is CCCCCCCOC(=O)[C@@H](CCCNC(=O)OC(C)(C)C)Cc1ncn2c1CCc1ccccc1-2. The van der Waals surface area contributed by atoms with Crippen LogP contribution in [0.4, 0.5) is 4.79 Å². The molecule has 0 unspecified atom stereocenters. The maximum Gasteiger partial charge on any atom is 0.407 e. The molecular weight excluding hydrogens is 454 g/mol. The Morgan fingerprint density at radius 3 is 2.64 bits per heavy atom. The van der Waals surface area contributed by atoms with E-state index in [-0.39, 0.29) is 11.9 Å². The third-order valence-electron chi connectivity index (χ3n) is 6.50. The van der Waals surface area contributed by atoms with Crippen LogP contribution in [-0.2, 0) is 33.5 Å². The lowest BCUT2D eigenvalue weighted by Gasteiger charge is -2.21. The van der Waals surface area contributed by atoms with Crippen molar-refractivity contribution in [2.75, 3.05) is 13.2 Å². The van der Waals surface area contributed by atoms with Gasteiger partial charge in [-0.1, -0.05) is 50.8 Å². The van der Waals surface area contributed by atoms with Gasteiger partial charge < -0.3 is 19.4 Å². The van der Waals surface area contributed by atoms with Crippen LogP contribution < -0.4 is 5.32 Å². The van der Waals surface area contributed by atoms with Gasteiger partial charge in [0.1, 0.15) is 5.60 Å². The monoisotopic (exact) mass is 497 g/mol. The first-order valence-corrected chi connectivity index (χ1v) is 13.6. The number of para-hydroxylation sites is 1. The highest BCUT2D eigenvalue weighted by molar-refractivity contribution is 5.73. The Kier molecular flexibility index (Phi) is 10.4. The second-order valence-corrected chi connectivity index (χ2v) is 10.7. The fraction of sp³-hybridized carbons (Fsp3) is 0.621.